The molecule has 2 N–H and O–H groups in total. The van der Waals surface area contributed by atoms with E-state index in [1.54, 1.807) is 72.8 Å². The predicted octanol–water partition coefficient (Wildman–Crippen LogP) is 4.96. The second-order valence-corrected chi connectivity index (χ2v) is 8.93. The molecule has 0 bridgehead atoms. The molecule has 10 heteroatoms. The maximum absolute atomic E-state index is 13.2. The van der Waals surface area contributed by atoms with Crippen molar-refractivity contribution in [2.75, 3.05) is 0 Å². The number of nitro groups is 1. The van der Waals surface area contributed by atoms with E-state index in [-0.39, 0.29) is 17.0 Å². The highest BCUT2D eigenvalue weighted by Crippen LogP contribution is 2.30. The number of esters is 1. The van der Waals surface area contributed by atoms with Gasteiger partial charge in [0.05, 0.1) is 16.7 Å². The lowest BCUT2D eigenvalue weighted by Crippen LogP contribution is -2.43. The summed E-state index contributed by atoms with van der Waals surface area (Å²) in [6, 6.07) is 26.8. The molecule has 0 aromatic heterocycles. The molecule has 9 nitrogen and oxygen atoms in total. The number of carbonyl (C=O) groups excluding carboxylic acids is 2. The Morgan fingerprint density at radius 1 is 0.921 bits per heavy atom. The van der Waals surface area contributed by atoms with Gasteiger partial charge in [-0.2, -0.15) is 5.10 Å². The number of carbonyl (C=O) groups is 2. The Balaban J connectivity index is 1.56. The van der Waals surface area contributed by atoms with Crippen LogP contribution in [0.4, 0.5) is 5.69 Å². The van der Waals surface area contributed by atoms with Crippen LogP contribution >= 0.6 is 15.9 Å². The predicted molar refractivity (Wildman–Crippen MR) is 144 cm³/mol. The molecule has 0 saturated heterocycles. The van der Waals surface area contributed by atoms with Crippen LogP contribution in [-0.4, -0.2) is 28.1 Å². The fraction of sp³-hybridized carbons (Fsp3) is 0.0357. The van der Waals surface area contributed by atoms with Gasteiger partial charge in [0.15, 0.2) is 5.60 Å². The SMILES string of the molecule is O=C(Oc1ccc(Br)cc1C=NNC(=O)C(O)(c1ccccc1)c1ccccc1)c1ccc([N+](=O)[O-])cc1. The van der Waals surface area contributed by atoms with Crippen LogP contribution in [0, 0.1) is 10.1 Å². The number of nitrogens with one attached hydrogen (secondary N) is 1. The molecule has 0 unspecified atom stereocenters. The zero-order valence-corrected chi connectivity index (χ0v) is 21.2. The first-order chi connectivity index (χ1) is 18.3. The summed E-state index contributed by atoms with van der Waals surface area (Å²) in [6.07, 6.45) is 1.28. The van der Waals surface area contributed by atoms with Gasteiger partial charge < -0.3 is 9.84 Å². The second kappa shape index (κ2) is 11.6. The molecule has 190 valence electrons. The van der Waals surface area contributed by atoms with Crippen molar-refractivity contribution in [1.82, 2.24) is 5.43 Å². The molecule has 0 aliphatic heterocycles. The van der Waals surface area contributed by atoms with E-state index in [0.717, 1.165) is 0 Å². The Hall–Kier alpha value is -4.67. The number of hydrazone groups is 1. The largest absolute Gasteiger partial charge is 0.422 e. The van der Waals surface area contributed by atoms with Gasteiger partial charge in [-0.25, -0.2) is 10.2 Å². The van der Waals surface area contributed by atoms with E-state index < -0.39 is 22.4 Å². The molecule has 0 saturated carbocycles. The molecule has 4 rings (SSSR count). The van der Waals surface area contributed by atoms with E-state index in [4.69, 9.17) is 4.74 Å². The molecule has 4 aromatic rings. The third-order valence-corrected chi connectivity index (χ3v) is 6.06. The summed E-state index contributed by atoms with van der Waals surface area (Å²) in [7, 11) is 0. The van der Waals surface area contributed by atoms with E-state index in [9.17, 15) is 24.8 Å². The molecule has 4 aromatic carbocycles. The van der Waals surface area contributed by atoms with Crippen molar-refractivity contribution in [3.63, 3.8) is 0 Å². The van der Waals surface area contributed by atoms with Gasteiger partial charge in [0.2, 0.25) is 0 Å². The molecule has 0 aliphatic carbocycles. The highest BCUT2D eigenvalue weighted by atomic mass is 79.9. The average molecular weight is 574 g/mol. The summed E-state index contributed by atoms with van der Waals surface area (Å²) < 4.78 is 6.13. The first-order valence-electron chi connectivity index (χ1n) is 11.2. The number of rotatable bonds is 8. The Kier molecular flexibility index (Phi) is 8.05. The lowest BCUT2D eigenvalue weighted by Gasteiger charge is -2.27. The molecule has 0 radical (unpaired) electrons. The number of nitrogens with zero attached hydrogens (tertiary/aromatic N) is 2. The molecule has 0 spiro atoms. The van der Waals surface area contributed by atoms with Gasteiger partial charge in [0, 0.05) is 22.2 Å². The van der Waals surface area contributed by atoms with Crippen LogP contribution in [0.5, 0.6) is 5.75 Å². The van der Waals surface area contributed by atoms with Crippen molar-refractivity contribution in [2.45, 2.75) is 5.60 Å². The van der Waals surface area contributed by atoms with Gasteiger partial charge in [-0.15, -0.1) is 0 Å². The Morgan fingerprint density at radius 3 is 2.05 bits per heavy atom. The molecule has 0 fully saturated rings. The Bertz CT molecular complexity index is 1450. The van der Waals surface area contributed by atoms with Gasteiger partial charge in [-0.05, 0) is 41.5 Å². The summed E-state index contributed by atoms with van der Waals surface area (Å²) >= 11 is 3.35. The van der Waals surface area contributed by atoms with Crippen molar-refractivity contribution < 1.29 is 24.4 Å². The minimum atomic E-state index is -2.01. The van der Waals surface area contributed by atoms with Crippen molar-refractivity contribution in [1.29, 1.82) is 0 Å². The Morgan fingerprint density at radius 2 is 1.50 bits per heavy atom. The van der Waals surface area contributed by atoms with E-state index in [2.05, 4.69) is 26.5 Å². The number of hydrogen-bond donors (Lipinski definition) is 2. The van der Waals surface area contributed by atoms with E-state index in [1.165, 1.54) is 36.5 Å². The number of halogens is 1. The fourth-order valence-electron chi connectivity index (χ4n) is 3.62. The van der Waals surface area contributed by atoms with Crippen molar-refractivity contribution in [3.8, 4) is 5.75 Å². The maximum atomic E-state index is 13.2. The van der Waals surface area contributed by atoms with Crippen LogP contribution < -0.4 is 10.2 Å². The fourth-order valence-corrected chi connectivity index (χ4v) is 4.00. The van der Waals surface area contributed by atoms with E-state index in [1.807, 2.05) is 0 Å². The lowest BCUT2D eigenvalue weighted by molar-refractivity contribution is -0.384. The number of hydrogen-bond acceptors (Lipinski definition) is 7. The quantitative estimate of drug-likeness (QED) is 0.101. The molecule has 0 atom stereocenters. The lowest BCUT2D eigenvalue weighted by atomic mass is 9.85. The molecular formula is C28H20BrN3O6. The summed E-state index contributed by atoms with van der Waals surface area (Å²) in [4.78, 5) is 36.1. The molecule has 1 amide bonds. The first-order valence-corrected chi connectivity index (χ1v) is 12.0. The highest BCUT2D eigenvalue weighted by Gasteiger charge is 2.39. The number of ether oxygens (including phenoxy) is 1. The summed E-state index contributed by atoms with van der Waals surface area (Å²) in [6.45, 7) is 0. The summed E-state index contributed by atoms with van der Waals surface area (Å²) in [5, 5.41) is 26.4. The molecule has 38 heavy (non-hydrogen) atoms. The van der Waals surface area contributed by atoms with Crippen molar-refractivity contribution in [2.24, 2.45) is 5.10 Å². The van der Waals surface area contributed by atoms with Gasteiger partial charge in [-0.1, -0.05) is 76.6 Å². The van der Waals surface area contributed by atoms with E-state index >= 15 is 0 Å². The number of non-ortho nitro benzene ring substituents is 1. The van der Waals surface area contributed by atoms with Crippen LogP contribution in [-0.2, 0) is 10.4 Å². The summed E-state index contributed by atoms with van der Waals surface area (Å²) in [5.41, 5.74) is 1.40. The minimum Gasteiger partial charge on any atom is -0.422 e. The van der Waals surface area contributed by atoms with Gasteiger partial charge in [0.1, 0.15) is 5.75 Å². The van der Waals surface area contributed by atoms with Crippen LogP contribution in [0.15, 0.2) is 113 Å². The van der Waals surface area contributed by atoms with Gasteiger partial charge in [0.25, 0.3) is 11.6 Å². The number of benzene rings is 4. The molecular weight excluding hydrogens is 554 g/mol. The number of amides is 1. The van der Waals surface area contributed by atoms with E-state index in [0.29, 0.717) is 21.2 Å². The Labute approximate surface area is 225 Å². The average Bonchev–Trinajstić information content (AvgIpc) is 2.94. The smallest absolute Gasteiger partial charge is 0.343 e. The topological polar surface area (TPSA) is 131 Å². The monoisotopic (exact) mass is 573 g/mol. The third-order valence-electron chi connectivity index (χ3n) is 5.57. The second-order valence-electron chi connectivity index (χ2n) is 8.02. The van der Waals surface area contributed by atoms with Crippen LogP contribution in [0.1, 0.15) is 27.0 Å². The number of aliphatic hydroxyl groups is 1. The molecule has 0 aliphatic rings. The van der Waals surface area contributed by atoms with Crippen molar-refractivity contribution in [3.05, 3.63) is 140 Å². The zero-order valence-electron chi connectivity index (χ0n) is 19.7. The maximum Gasteiger partial charge on any atom is 0.343 e. The number of nitro benzene ring substituents is 1. The highest BCUT2D eigenvalue weighted by molar-refractivity contribution is 9.10. The summed E-state index contributed by atoms with van der Waals surface area (Å²) in [5.74, 6) is -1.38. The standard InChI is InChI=1S/C28H20BrN3O6/c29-23-13-16-25(38-26(33)19-11-14-24(15-12-19)32(36)37)20(17-23)18-30-31-27(34)28(35,21-7-3-1-4-8-21)22-9-5-2-6-10-22/h1-18,35H,(H,31,34). The first kappa shape index (κ1) is 26.4. The van der Waals surface area contributed by atoms with Crippen molar-refractivity contribution >= 4 is 39.7 Å². The normalized spacial score (nSPS) is 11.2. The minimum absolute atomic E-state index is 0.116. The van der Waals surface area contributed by atoms with Crippen LogP contribution in [0.2, 0.25) is 0 Å². The van der Waals surface area contributed by atoms with Crippen LogP contribution in [0.25, 0.3) is 0 Å². The third kappa shape index (κ3) is 5.83. The van der Waals surface area contributed by atoms with Crippen LogP contribution in [0.3, 0.4) is 0 Å². The zero-order chi connectivity index (χ0) is 27.1. The van der Waals surface area contributed by atoms with Gasteiger partial charge in [-0.3, -0.25) is 14.9 Å². The molecule has 0 heterocycles. The van der Waals surface area contributed by atoms with Gasteiger partial charge >= 0.3 is 5.97 Å².